The van der Waals surface area contributed by atoms with Crippen LogP contribution in [-0.4, -0.2) is 33.7 Å². The van der Waals surface area contributed by atoms with Gasteiger partial charge in [-0.05, 0) is 18.1 Å². The SMILES string of the molecule is COCCOCOCCc1ccccc1C(F)(F)F. The summed E-state index contributed by atoms with van der Waals surface area (Å²) in [4.78, 5) is 0. The minimum Gasteiger partial charge on any atom is -0.382 e. The molecule has 0 heterocycles. The highest BCUT2D eigenvalue weighted by Crippen LogP contribution is 2.31. The van der Waals surface area contributed by atoms with E-state index < -0.39 is 11.7 Å². The summed E-state index contributed by atoms with van der Waals surface area (Å²) in [6, 6.07) is 5.49. The van der Waals surface area contributed by atoms with Crippen molar-refractivity contribution in [2.75, 3.05) is 33.7 Å². The van der Waals surface area contributed by atoms with Crippen LogP contribution in [0.4, 0.5) is 13.2 Å². The van der Waals surface area contributed by atoms with Gasteiger partial charge in [-0.15, -0.1) is 0 Å². The summed E-state index contributed by atoms with van der Waals surface area (Å²) in [5.41, 5.74) is -0.384. The predicted octanol–water partition coefficient (Wildman–Crippen LogP) is 2.89. The van der Waals surface area contributed by atoms with E-state index in [-0.39, 0.29) is 25.4 Å². The zero-order valence-corrected chi connectivity index (χ0v) is 10.7. The number of rotatable bonds is 8. The minimum absolute atomic E-state index is 0.0531. The van der Waals surface area contributed by atoms with Crippen LogP contribution in [0.15, 0.2) is 24.3 Å². The largest absolute Gasteiger partial charge is 0.416 e. The number of halogens is 3. The third-order valence-corrected chi connectivity index (χ3v) is 2.44. The second-order valence-electron chi connectivity index (χ2n) is 3.83. The molecule has 0 unspecified atom stereocenters. The van der Waals surface area contributed by atoms with Crippen LogP contribution in [0.3, 0.4) is 0 Å². The topological polar surface area (TPSA) is 27.7 Å². The lowest BCUT2D eigenvalue weighted by Crippen LogP contribution is -2.12. The Hall–Kier alpha value is -1.11. The van der Waals surface area contributed by atoms with Crippen LogP contribution < -0.4 is 0 Å². The molecule has 0 saturated heterocycles. The Kier molecular flexibility index (Phi) is 6.83. The third kappa shape index (κ3) is 6.04. The van der Waals surface area contributed by atoms with Gasteiger partial charge in [0.05, 0.1) is 25.4 Å². The lowest BCUT2D eigenvalue weighted by Gasteiger charge is -2.12. The van der Waals surface area contributed by atoms with Gasteiger partial charge in [0.25, 0.3) is 0 Å². The first-order valence-electron chi connectivity index (χ1n) is 5.85. The minimum atomic E-state index is -4.33. The maximum Gasteiger partial charge on any atom is 0.416 e. The summed E-state index contributed by atoms with van der Waals surface area (Å²) in [7, 11) is 1.55. The zero-order chi connectivity index (χ0) is 14.1. The average molecular weight is 278 g/mol. The van der Waals surface area contributed by atoms with E-state index in [1.54, 1.807) is 13.2 Å². The van der Waals surface area contributed by atoms with E-state index >= 15 is 0 Å². The summed E-state index contributed by atoms with van der Waals surface area (Å²) < 4.78 is 53.0. The van der Waals surface area contributed by atoms with Crippen LogP contribution in [0.5, 0.6) is 0 Å². The molecule has 0 saturated carbocycles. The Morgan fingerprint density at radius 1 is 1.00 bits per heavy atom. The van der Waals surface area contributed by atoms with Crippen molar-refractivity contribution in [1.29, 1.82) is 0 Å². The van der Waals surface area contributed by atoms with Crippen molar-refractivity contribution >= 4 is 0 Å². The molecule has 0 amide bonds. The molecule has 6 heteroatoms. The third-order valence-electron chi connectivity index (χ3n) is 2.44. The van der Waals surface area contributed by atoms with Gasteiger partial charge in [0, 0.05) is 7.11 Å². The summed E-state index contributed by atoms with van der Waals surface area (Å²) >= 11 is 0. The van der Waals surface area contributed by atoms with E-state index in [0.29, 0.717) is 13.2 Å². The molecule has 19 heavy (non-hydrogen) atoms. The Labute approximate surface area is 110 Å². The monoisotopic (exact) mass is 278 g/mol. The second kappa shape index (κ2) is 8.14. The van der Waals surface area contributed by atoms with E-state index in [0.717, 1.165) is 6.07 Å². The molecule has 1 aromatic rings. The fourth-order valence-electron chi connectivity index (χ4n) is 1.52. The molecule has 3 nitrogen and oxygen atoms in total. The molecule has 108 valence electrons. The highest BCUT2D eigenvalue weighted by atomic mass is 19.4. The van der Waals surface area contributed by atoms with Gasteiger partial charge in [-0.2, -0.15) is 13.2 Å². The number of methoxy groups -OCH3 is 1. The van der Waals surface area contributed by atoms with Crippen LogP contribution in [0.1, 0.15) is 11.1 Å². The molecular formula is C13H17F3O3. The maximum atomic E-state index is 12.7. The molecule has 0 aromatic heterocycles. The molecule has 1 rings (SSSR count). The zero-order valence-electron chi connectivity index (χ0n) is 10.7. The van der Waals surface area contributed by atoms with Crippen molar-refractivity contribution in [2.45, 2.75) is 12.6 Å². The first-order chi connectivity index (χ1) is 9.05. The number of hydrogen-bond acceptors (Lipinski definition) is 3. The fourth-order valence-corrected chi connectivity index (χ4v) is 1.52. The standard InChI is InChI=1S/C13H17F3O3/c1-17-8-9-19-10-18-7-6-11-4-2-3-5-12(11)13(14,15)16/h2-5H,6-10H2,1H3. The van der Waals surface area contributed by atoms with E-state index in [2.05, 4.69) is 0 Å². The number of ether oxygens (including phenoxy) is 3. The van der Waals surface area contributed by atoms with Crippen molar-refractivity contribution in [1.82, 2.24) is 0 Å². The lowest BCUT2D eigenvalue weighted by molar-refractivity contribution is -0.138. The van der Waals surface area contributed by atoms with E-state index in [4.69, 9.17) is 14.2 Å². The molecule has 0 bridgehead atoms. The highest BCUT2D eigenvalue weighted by Gasteiger charge is 2.32. The number of hydrogen-bond donors (Lipinski definition) is 0. The molecule has 1 aromatic carbocycles. The summed E-state index contributed by atoms with van der Waals surface area (Å²) in [6.45, 7) is 1.09. The Bertz CT molecular complexity index is 366. The van der Waals surface area contributed by atoms with Crippen molar-refractivity contribution in [3.8, 4) is 0 Å². The highest BCUT2D eigenvalue weighted by molar-refractivity contribution is 5.29. The first kappa shape index (κ1) is 15.9. The van der Waals surface area contributed by atoms with Gasteiger partial charge in [-0.1, -0.05) is 18.2 Å². The molecular weight excluding hydrogens is 261 g/mol. The van der Waals surface area contributed by atoms with Gasteiger partial charge >= 0.3 is 6.18 Å². The van der Waals surface area contributed by atoms with Crippen LogP contribution in [0, 0.1) is 0 Å². The Balaban J connectivity index is 2.33. The first-order valence-corrected chi connectivity index (χ1v) is 5.85. The Morgan fingerprint density at radius 3 is 2.37 bits per heavy atom. The summed E-state index contributed by atoms with van der Waals surface area (Å²) in [5, 5.41) is 0. The Morgan fingerprint density at radius 2 is 1.68 bits per heavy atom. The number of alkyl halides is 3. The van der Waals surface area contributed by atoms with Gasteiger partial charge in [-0.3, -0.25) is 0 Å². The maximum absolute atomic E-state index is 12.7. The molecule has 0 aliphatic heterocycles. The molecule has 0 N–H and O–H groups in total. The van der Waals surface area contributed by atoms with Crippen molar-refractivity contribution in [3.63, 3.8) is 0 Å². The quantitative estimate of drug-likeness (QED) is 0.540. The van der Waals surface area contributed by atoms with E-state index in [1.807, 2.05) is 0 Å². The molecule has 0 atom stereocenters. The van der Waals surface area contributed by atoms with Gasteiger partial charge in [-0.25, -0.2) is 0 Å². The van der Waals surface area contributed by atoms with Crippen LogP contribution >= 0.6 is 0 Å². The van der Waals surface area contributed by atoms with Crippen LogP contribution in [-0.2, 0) is 26.8 Å². The molecule has 0 fully saturated rings. The van der Waals surface area contributed by atoms with Crippen molar-refractivity contribution in [2.24, 2.45) is 0 Å². The van der Waals surface area contributed by atoms with E-state index in [1.165, 1.54) is 12.1 Å². The van der Waals surface area contributed by atoms with Crippen LogP contribution in [0.25, 0.3) is 0 Å². The molecule has 0 radical (unpaired) electrons. The summed E-state index contributed by atoms with van der Waals surface area (Å²) in [5.74, 6) is 0. The van der Waals surface area contributed by atoms with Crippen molar-refractivity contribution < 1.29 is 27.4 Å². The number of benzene rings is 1. The average Bonchev–Trinajstić information content (AvgIpc) is 2.37. The van der Waals surface area contributed by atoms with Crippen LogP contribution in [0.2, 0.25) is 0 Å². The molecule has 0 aliphatic rings. The smallest absolute Gasteiger partial charge is 0.382 e. The van der Waals surface area contributed by atoms with Gasteiger partial charge in [0.1, 0.15) is 6.79 Å². The van der Waals surface area contributed by atoms with Crippen molar-refractivity contribution in [3.05, 3.63) is 35.4 Å². The van der Waals surface area contributed by atoms with Gasteiger partial charge in [0.15, 0.2) is 0 Å². The second-order valence-corrected chi connectivity index (χ2v) is 3.83. The van der Waals surface area contributed by atoms with Gasteiger partial charge < -0.3 is 14.2 Å². The lowest BCUT2D eigenvalue weighted by atomic mass is 10.0. The summed E-state index contributed by atoms with van der Waals surface area (Å²) in [6.07, 6.45) is -4.13. The molecule has 0 aliphatic carbocycles. The predicted molar refractivity (Wildman–Crippen MR) is 63.8 cm³/mol. The van der Waals surface area contributed by atoms with Gasteiger partial charge in [0.2, 0.25) is 0 Å². The normalized spacial score (nSPS) is 11.8. The fraction of sp³-hybridized carbons (Fsp3) is 0.538. The van der Waals surface area contributed by atoms with E-state index in [9.17, 15) is 13.2 Å². The molecule has 0 spiro atoms.